The fourth-order valence-electron chi connectivity index (χ4n) is 2.47. The SMILES string of the molecule is C[C@H](NC(=O)COC(=O)C[C@H](C)c1ccccc1)c1ccc(Br)cc1. The Morgan fingerprint density at radius 2 is 1.64 bits per heavy atom. The van der Waals surface area contributed by atoms with E-state index in [0.717, 1.165) is 15.6 Å². The van der Waals surface area contributed by atoms with Crippen LogP contribution in [0.1, 0.15) is 43.4 Å². The molecular formula is C20H22BrNO3. The van der Waals surface area contributed by atoms with Crippen LogP contribution >= 0.6 is 15.9 Å². The first-order valence-electron chi connectivity index (χ1n) is 8.21. The van der Waals surface area contributed by atoms with Crippen molar-refractivity contribution in [3.63, 3.8) is 0 Å². The maximum absolute atomic E-state index is 12.0. The molecule has 2 aromatic carbocycles. The molecule has 0 aliphatic carbocycles. The van der Waals surface area contributed by atoms with Crippen molar-refractivity contribution < 1.29 is 14.3 Å². The van der Waals surface area contributed by atoms with Gasteiger partial charge in [-0.2, -0.15) is 0 Å². The van der Waals surface area contributed by atoms with E-state index in [1.807, 2.05) is 68.4 Å². The third-order valence-corrected chi connectivity index (χ3v) is 4.48. The highest BCUT2D eigenvalue weighted by molar-refractivity contribution is 9.10. The number of rotatable bonds is 7. The van der Waals surface area contributed by atoms with Crippen molar-refractivity contribution in [1.82, 2.24) is 5.32 Å². The second-order valence-electron chi connectivity index (χ2n) is 6.02. The molecule has 2 rings (SSSR count). The Morgan fingerprint density at radius 3 is 2.28 bits per heavy atom. The first kappa shape index (κ1) is 19.2. The summed E-state index contributed by atoms with van der Waals surface area (Å²) in [5.74, 6) is -0.627. The average molecular weight is 404 g/mol. The zero-order valence-electron chi connectivity index (χ0n) is 14.4. The highest BCUT2D eigenvalue weighted by Gasteiger charge is 2.15. The number of amides is 1. The third kappa shape index (κ3) is 6.35. The Labute approximate surface area is 156 Å². The molecule has 1 amide bonds. The van der Waals surface area contributed by atoms with Crippen LogP contribution in [-0.2, 0) is 14.3 Å². The molecule has 0 aromatic heterocycles. The number of ether oxygens (including phenoxy) is 1. The van der Waals surface area contributed by atoms with E-state index < -0.39 is 0 Å². The van der Waals surface area contributed by atoms with Crippen molar-refractivity contribution >= 4 is 27.8 Å². The number of carbonyl (C=O) groups is 2. The Hall–Kier alpha value is -2.14. The maximum Gasteiger partial charge on any atom is 0.306 e. The molecule has 0 spiro atoms. The average Bonchev–Trinajstić information content (AvgIpc) is 2.61. The molecule has 0 radical (unpaired) electrons. The number of benzene rings is 2. The third-order valence-electron chi connectivity index (χ3n) is 3.95. The van der Waals surface area contributed by atoms with Crippen LogP contribution in [0.5, 0.6) is 0 Å². The molecule has 0 heterocycles. The summed E-state index contributed by atoms with van der Waals surface area (Å²) < 4.78 is 6.08. The molecule has 4 nitrogen and oxygen atoms in total. The summed E-state index contributed by atoms with van der Waals surface area (Å²) in [6.07, 6.45) is 0.250. The van der Waals surface area contributed by atoms with Gasteiger partial charge >= 0.3 is 5.97 Å². The van der Waals surface area contributed by atoms with Crippen molar-refractivity contribution in [1.29, 1.82) is 0 Å². The number of nitrogens with one attached hydrogen (secondary N) is 1. The Kier molecular flexibility index (Phi) is 7.19. The summed E-state index contributed by atoms with van der Waals surface area (Å²) in [6, 6.07) is 17.3. The standard InChI is InChI=1S/C20H22BrNO3/c1-14(16-6-4-3-5-7-16)12-20(24)25-13-19(23)22-15(2)17-8-10-18(21)11-9-17/h3-11,14-15H,12-13H2,1-2H3,(H,22,23)/t14-,15-/m0/s1. The molecule has 132 valence electrons. The molecule has 2 aromatic rings. The van der Waals surface area contributed by atoms with Gasteiger partial charge in [0.2, 0.25) is 0 Å². The lowest BCUT2D eigenvalue weighted by molar-refractivity contribution is -0.149. The maximum atomic E-state index is 12.0. The predicted octanol–water partition coefficient (Wildman–Crippen LogP) is 4.36. The lowest BCUT2D eigenvalue weighted by atomic mass is 9.98. The lowest BCUT2D eigenvalue weighted by Gasteiger charge is -2.15. The van der Waals surface area contributed by atoms with Crippen molar-refractivity contribution in [3.05, 3.63) is 70.2 Å². The molecule has 1 N–H and O–H groups in total. The van der Waals surface area contributed by atoms with Gasteiger partial charge in [-0.15, -0.1) is 0 Å². The minimum absolute atomic E-state index is 0.0541. The summed E-state index contributed by atoms with van der Waals surface area (Å²) in [5.41, 5.74) is 2.06. The van der Waals surface area contributed by atoms with Crippen LogP contribution in [0.3, 0.4) is 0 Å². The molecule has 0 unspecified atom stereocenters. The monoisotopic (exact) mass is 403 g/mol. The molecule has 0 fully saturated rings. The summed E-state index contributed by atoms with van der Waals surface area (Å²) in [5, 5.41) is 2.82. The van der Waals surface area contributed by atoms with Gasteiger partial charge in [0.1, 0.15) is 0 Å². The minimum atomic E-state index is -0.372. The van der Waals surface area contributed by atoms with E-state index in [4.69, 9.17) is 4.74 Å². The van der Waals surface area contributed by atoms with Crippen molar-refractivity contribution in [2.24, 2.45) is 0 Å². The van der Waals surface area contributed by atoms with E-state index in [0.29, 0.717) is 0 Å². The van der Waals surface area contributed by atoms with Crippen LogP contribution in [0.4, 0.5) is 0 Å². The summed E-state index contributed by atoms with van der Waals surface area (Å²) >= 11 is 3.38. The highest BCUT2D eigenvalue weighted by Crippen LogP contribution is 2.19. The van der Waals surface area contributed by atoms with Gasteiger partial charge in [-0.3, -0.25) is 9.59 Å². The van der Waals surface area contributed by atoms with Crippen LogP contribution in [0, 0.1) is 0 Å². The lowest BCUT2D eigenvalue weighted by Crippen LogP contribution is -2.31. The predicted molar refractivity (Wildman–Crippen MR) is 101 cm³/mol. The molecular weight excluding hydrogens is 382 g/mol. The molecule has 2 atom stereocenters. The van der Waals surface area contributed by atoms with Crippen molar-refractivity contribution in [3.8, 4) is 0 Å². The molecule has 5 heteroatoms. The second kappa shape index (κ2) is 9.37. The van der Waals surface area contributed by atoms with Crippen molar-refractivity contribution in [2.75, 3.05) is 6.61 Å². The van der Waals surface area contributed by atoms with E-state index in [-0.39, 0.29) is 36.9 Å². The van der Waals surface area contributed by atoms with Gasteiger partial charge in [0.05, 0.1) is 12.5 Å². The van der Waals surface area contributed by atoms with Gasteiger partial charge in [0.15, 0.2) is 6.61 Å². The molecule has 0 aliphatic rings. The molecule has 0 aliphatic heterocycles. The number of carbonyl (C=O) groups excluding carboxylic acids is 2. The van der Waals surface area contributed by atoms with Gasteiger partial charge in [-0.25, -0.2) is 0 Å². The number of esters is 1. The smallest absolute Gasteiger partial charge is 0.306 e. The molecule has 25 heavy (non-hydrogen) atoms. The Bertz CT molecular complexity index is 701. The fraction of sp³-hybridized carbons (Fsp3) is 0.300. The van der Waals surface area contributed by atoms with Gasteiger partial charge in [-0.05, 0) is 36.1 Å². The zero-order valence-corrected chi connectivity index (χ0v) is 16.0. The quantitative estimate of drug-likeness (QED) is 0.698. The number of halogens is 1. The zero-order chi connectivity index (χ0) is 18.2. The van der Waals surface area contributed by atoms with Gasteiger partial charge in [0, 0.05) is 4.47 Å². The van der Waals surface area contributed by atoms with Crippen LogP contribution in [0.25, 0.3) is 0 Å². The van der Waals surface area contributed by atoms with Crippen molar-refractivity contribution in [2.45, 2.75) is 32.2 Å². The Balaban J connectivity index is 1.75. The van der Waals surface area contributed by atoms with E-state index in [1.54, 1.807) is 0 Å². The van der Waals surface area contributed by atoms with E-state index >= 15 is 0 Å². The summed E-state index contributed by atoms with van der Waals surface area (Å²) in [6.45, 7) is 3.59. The Morgan fingerprint density at radius 1 is 1.00 bits per heavy atom. The summed E-state index contributed by atoms with van der Waals surface area (Å²) in [4.78, 5) is 23.9. The summed E-state index contributed by atoms with van der Waals surface area (Å²) in [7, 11) is 0. The highest BCUT2D eigenvalue weighted by atomic mass is 79.9. The fourth-order valence-corrected chi connectivity index (χ4v) is 2.74. The first-order chi connectivity index (χ1) is 12.0. The largest absolute Gasteiger partial charge is 0.456 e. The van der Waals surface area contributed by atoms with Gasteiger partial charge in [0.25, 0.3) is 5.91 Å². The van der Waals surface area contributed by atoms with E-state index in [1.165, 1.54) is 0 Å². The second-order valence-corrected chi connectivity index (χ2v) is 6.93. The minimum Gasteiger partial charge on any atom is -0.456 e. The first-order valence-corrected chi connectivity index (χ1v) is 9.00. The van der Waals surface area contributed by atoms with Crippen LogP contribution < -0.4 is 5.32 Å². The van der Waals surface area contributed by atoms with Crippen LogP contribution in [0.15, 0.2) is 59.1 Å². The normalized spacial score (nSPS) is 12.9. The van der Waals surface area contributed by atoms with Crippen LogP contribution in [0.2, 0.25) is 0 Å². The van der Waals surface area contributed by atoms with E-state index in [2.05, 4.69) is 21.2 Å². The molecule has 0 bridgehead atoms. The van der Waals surface area contributed by atoms with Crippen LogP contribution in [-0.4, -0.2) is 18.5 Å². The molecule has 0 saturated heterocycles. The van der Waals surface area contributed by atoms with E-state index in [9.17, 15) is 9.59 Å². The van der Waals surface area contributed by atoms with Gasteiger partial charge < -0.3 is 10.1 Å². The topological polar surface area (TPSA) is 55.4 Å². The molecule has 0 saturated carbocycles. The number of hydrogen-bond acceptors (Lipinski definition) is 3. The van der Waals surface area contributed by atoms with Gasteiger partial charge in [-0.1, -0.05) is 65.3 Å². The number of hydrogen-bond donors (Lipinski definition) is 1.